The van der Waals surface area contributed by atoms with Crippen LogP contribution in [0.25, 0.3) is 0 Å². The Morgan fingerprint density at radius 3 is 2.40 bits per heavy atom. The van der Waals surface area contributed by atoms with Gasteiger partial charge in [-0.3, -0.25) is 0 Å². The molecule has 264 valence electrons. The molecule has 0 saturated carbocycles. The first kappa shape index (κ1) is 36.1. The fourth-order valence-corrected chi connectivity index (χ4v) is 8.37. The minimum atomic E-state index is -3.78. The van der Waals surface area contributed by atoms with Crippen LogP contribution in [0.5, 0.6) is 0 Å². The van der Waals surface area contributed by atoms with Crippen LogP contribution >= 0.6 is 0 Å². The highest BCUT2D eigenvalue weighted by Crippen LogP contribution is 2.35. The molecule has 3 aliphatic heterocycles. The lowest BCUT2D eigenvalue weighted by Gasteiger charge is -2.40. The zero-order valence-corrected chi connectivity index (χ0v) is 29.8. The van der Waals surface area contributed by atoms with Crippen molar-refractivity contribution in [3.05, 3.63) is 65.7 Å². The largest absolute Gasteiger partial charge is 0.444 e. The summed E-state index contributed by atoms with van der Waals surface area (Å²) in [7, 11) is -2.14. The number of carbonyl (C=O) groups is 2. The summed E-state index contributed by atoms with van der Waals surface area (Å²) in [4.78, 5) is 29.5. The van der Waals surface area contributed by atoms with Gasteiger partial charge in [-0.1, -0.05) is 49.4 Å². The van der Waals surface area contributed by atoms with Gasteiger partial charge in [-0.2, -0.15) is 0 Å². The molecule has 3 fully saturated rings. The van der Waals surface area contributed by atoms with Gasteiger partial charge in [0, 0.05) is 57.6 Å². The first-order chi connectivity index (χ1) is 22.7. The zero-order valence-electron chi connectivity index (χ0n) is 29.0. The number of likely N-dealkylation sites (tertiary alicyclic amines) is 2. The smallest absolute Gasteiger partial charge is 0.410 e. The summed E-state index contributed by atoms with van der Waals surface area (Å²) in [6, 6.07) is 16.9. The molecular weight excluding hydrogens is 632 g/mol. The number of nitrogens with zero attached hydrogens (tertiary/aromatic N) is 3. The van der Waals surface area contributed by atoms with E-state index in [9.17, 15) is 18.0 Å². The molecule has 4 atom stereocenters. The van der Waals surface area contributed by atoms with Crippen LogP contribution < -0.4 is 5.32 Å². The summed E-state index contributed by atoms with van der Waals surface area (Å²) >= 11 is 0. The van der Waals surface area contributed by atoms with E-state index in [-0.39, 0.29) is 29.7 Å². The molecule has 3 saturated heterocycles. The van der Waals surface area contributed by atoms with E-state index >= 15 is 0 Å². The zero-order chi connectivity index (χ0) is 34.5. The van der Waals surface area contributed by atoms with E-state index in [1.54, 1.807) is 31.3 Å². The van der Waals surface area contributed by atoms with Crippen LogP contribution in [0.15, 0.2) is 59.5 Å². The van der Waals surface area contributed by atoms with E-state index in [0.717, 1.165) is 56.6 Å². The molecule has 1 N–H and O–H groups in total. The van der Waals surface area contributed by atoms with Crippen LogP contribution in [0.3, 0.4) is 0 Å². The summed E-state index contributed by atoms with van der Waals surface area (Å²) < 4.78 is 45.3. The Hall–Kier alpha value is -3.19. The number of sulfonamides is 1. The Morgan fingerprint density at radius 2 is 1.73 bits per heavy atom. The molecule has 0 spiro atoms. The minimum absolute atomic E-state index is 0.202. The minimum Gasteiger partial charge on any atom is -0.444 e. The predicted octanol–water partition coefficient (Wildman–Crippen LogP) is 5.00. The second-order valence-electron chi connectivity index (χ2n) is 14.7. The molecule has 2 amide bonds. The number of benzene rings is 2. The second kappa shape index (κ2) is 15.1. The lowest BCUT2D eigenvalue weighted by atomic mass is 9.79. The van der Waals surface area contributed by atoms with Crippen LogP contribution in [-0.2, 0) is 36.2 Å². The number of fused-ring (bicyclic) bond motifs is 1. The van der Waals surface area contributed by atoms with Crippen molar-refractivity contribution in [1.82, 2.24) is 19.4 Å². The van der Waals surface area contributed by atoms with Crippen LogP contribution in [-0.4, -0.2) is 105 Å². The van der Waals surface area contributed by atoms with Crippen molar-refractivity contribution < 1.29 is 32.2 Å². The number of carbonyl (C=O) groups excluding carboxylic acids is 2. The number of amides is 2. The topological polar surface area (TPSA) is 118 Å². The molecule has 2 aromatic rings. The van der Waals surface area contributed by atoms with Gasteiger partial charge >= 0.3 is 12.2 Å². The molecule has 5 rings (SSSR count). The maximum Gasteiger partial charge on any atom is 0.410 e. The molecular formula is C36H52N4O7S. The van der Waals surface area contributed by atoms with Gasteiger partial charge in [0.2, 0.25) is 10.0 Å². The molecule has 1 unspecified atom stereocenters. The van der Waals surface area contributed by atoms with Gasteiger partial charge in [-0.05, 0) is 75.8 Å². The average Bonchev–Trinajstić information content (AvgIpc) is 3.72. The van der Waals surface area contributed by atoms with Gasteiger partial charge in [-0.15, -0.1) is 0 Å². The number of rotatable bonds is 11. The van der Waals surface area contributed by atoms with E-state index in [0.29, 0.717) is 32.1 Å². The third-order valence-electron chi connectivity index (χ3n) is 9.80. The number of nitrogens with one attached hydrogen (secondary N) is 1. The number of hydrogen-bond acceptors (Lipinski definition) is 8. The second-order valence-corrected chi connectivity index (χ2v) is 16.8. The van der Waals surface area contributed by atoms with Crippen molar-refractivity contribution in [1.29, 1.82) is 0 Å². The Bertz CT molecular complexity index is 1490. The molecule has 0 aromatic heterocycles. The Labute approximate surface area is 285 Å². The summed E-state index contributed by atoms with van der Waals surface area (Å²) in [5.41, 5.74) is 0.913. The highest BCUT2D eigenvalue weighted by molar-refractivity contribution is 7.89. The summed E-state index contributed by atoms with van der Waals surface area (Å²) in [5, 5.41) is 2.72. The lowest BCUT2D eigenvalue weighted by molar-refractivity contribution is 0.0139. The van der Waals surface area contributed by atoms with Crippen LogP contribution in [0.4, 0.5) is 9.59 Å². The van der Waals surface area contributed by atoms with Gasteiger partial charge in [0.25, 0.3) is 0 Å². The highest BCUT2D eigenvalue weighted by atomic mass is 32.2. The number of hydrogen-bond donors (Lipinski definition) is 1. The third-order valence-corrected chi connectivity index (χ3v) is 11.6. The van der Waals surface area contributed by atoms with Gasteiger partial charge < -0.3 is 29.3 Å². The number of alkyl carbamates (subject to hydrolysis) is 1. The molecule has 0 bridgehead atoms. The van der Waals surface area contributed by atoms with Crippen molar-refractivity contribution in [2.45, 2.75) is 88.0 Å². The third kappa shape index (κ3) is 9.07. The van der Waals surface area contributed by atoms with Gasteiger partial charge in [0.1, 0.15) is 11.7 Å². The predicted molar refractivity (Wildman–Crippen MR) is 183 cm³/mol. The van der Waals surface area contributed by atoms with Crippen molar-refractivity contribution >= 4 is 22.2 Å². The number of likely N-dealkylation sites (N-methyl/N-ethyl adjacent to an activating group) is 1. The van der Waals surface area contributed by atoms with Gasteiger partial charge in [0.05, 0.1) is 18.1 Å². The van der Waals surface area contributed by atoms with E-state index in [1.807, 2.05) is 43.9 Å². The molecule has 0 aliphatic carbocycles. The Balaban J connectivity index is 1.19. The van der Waals surface area contributed by atoms with Crippen molar-refractivity contribution in [2.24, 2.45) is 5.92 Å². The normalized spacial score (nSPS) is 23.0. The SMILES string of the molecule is CN(C[C@@](C)(CCN1CCC2[C@@H](CCN2C(=O)OC(C)(C)C)C1)c1ccccc1)S(=O)(=O)c1ccc(CNC(=O)O[C@H]2CCOC2)cc1. The van der Waals surface area contributed by atoms with E-state index in [4.69, 9.17) is 14.2 Å². The monoisotopic (exact) mass is 684 g/mol. The average molecular weight is 685 g/mol. The van der Waals surface area contributed by atoms with Gasteiger partial charge in [-0.25, -0.2) is 22.3 Å². The van der Waals surface area contributed by atoms with Crippen LogP contribution in [0.2, 0.25) is 0 Å². The van der Waals surface area contributed by atoms with Crippen LogP contribution in [0, 0.1) is 5.92 Å². The molecule has 48 heavy (non-hydrogen) atoms. The molecule has 11 nitrogen and oxygen atoms in total. The lowest BCUT2D eigenvalue weighted by Crippen LogP contribution is -2.49. The van der Waals surface area contributed by atoms with Crippen LogP contribution in [0.1, 0.15) is 64.5 Å². The van der Waals surface area contributed by atoms with E-state index in [1.165, 1.54) is 4.31 Å². The number of piperidine rings is 1. The summed E-state index contributed by atoms with van der Waals surface area (Å²) in [6.45, 7) is 12.7. The van der Waals surface area contributed by atoms with Crippen molar-refractivity contribution in [3.63, 3.8) is 0 Å². The Morgan fingerprint density at radius 1 is 1.00 bits per heavy atom. The maximum atomic E-state index is 13.8. The fourth-order valence-electron chi connectivity index (χ4n) is 7.08. The first-order valence-corrected chi connectivity index (χ1v) is 18.5. The fraction of sp³-hybridized carbons (Fsp3) is 0.611. The van der Waals surface area contributed by atoms with Crippen molar-refractivity contribution in [2.75, 3.05) is 53.0 Å². The first-order valence-electron chi connectivity index (χ1n) is 17.1. The molecule has 3 heterocycles. The van der Waals surface area contributed by atoms with Crippen molar-refractivity contribution in [3.8, 4) is 0 Å². The summed E-state index contributed by atoms with van der Waals surface area (Å²) in [6.07, 6.45) is 2.37. The quantitative estimate of drug-likeness (QED) is 0.352. The molecule has 3 aliphatic rings. The standard InChI is InChI=1S/C36H52N4O7S/c1-35(2,3)47-34(42)40-20-15-28-24-39(19-16-32(28)40)21-18-36(4,29-9-7-6-8-10-29)26-38(5)48(43,44)31-13-11-27(12-14-31)23-37-33(41)46-30-17-22-45-25-30/h6-14,28,30,32H,15-26H2,1-5H3,(H,37,41)/t28-,30-,32?,36+/m0/s1. The van der Waals surface area contributed by atoms with E-state index in [2.05, 4.69) is 29.3 Å². The molecule has 12 heteroatoms. The number of ether oxygens (including phenoxy) is 3. The molecule has 0 radical (unpaired) electrons. The molecule has 2 aromatic carbocycles. The summed E-state index contributed by atoms with van der Waals surface area (Å²) in [5.74, 6) is 0.406. The Kier molecular flexibility index (Phi) is 11.4. The van der Waals surface area contributed by atoms with Gasteiger partial charge in [0.15, 0.2) is 0 Å². The highest BCUT2D eigenvalue weighted by Gasteiger charge is 2.42. The van der Waals surface area contributed by atoms with E-state index < -0.39 is 27.1 Å². The maximum absolute atomic E-state index is 13.8.